The third-order valence-electron chi connectivity index (χ3n) is 8.38. The molecular weight excluding hydrogens is 545 g/mol. The van der Waals surface area contributed by atoms with Crippen molar-refractivity contribution in [3.63, 3.8) is 0 Å². The average molecular weight is 578 g/mol. The molecule has 214 valence electrons. The molecule has 2 aliphatic rings. The van der Waals surface area contributed by atoms with E-state index in [2.05, 4.69) is 10.1 Å². The second-order valence-corrected chi connectivity index (χ2v) is 11.6. The first-order valence-electron chi connectivity index (χ1n) is 14.3. The lowest BCUT2D eigenvalue weighted by Crippen LogP contribution is -2.48. The van der Waals surface area contributed by atoms with Crippen molar-refractivity contribution in [1.29, 1.82) is 0 Å². The second-order valence-electron chi connectivity index (χ2n) is 11.2. The summed E-state index contributed by atoms with van der Waals surface area (Å²) in [7, 11) is 0. The number of pyridine rings is 1. The maximum absolute atomic E-state index is 15.6. The lowest BCUT2D eigenvalue weighted by molar-refractivity contribution is -0.129. The van der Waals surface area contributed by atoms with E-state index in [1.165, 1.54) is 25.3 Å². The second kappa shape index (κ2) is 11.6. The predicted octanol–water partition coefficient (Wildman–Crippen LogP) is 5.68. The molecule has 10 heteroatoms. The highest BCUT2D eigenvalue weighted by molar-refractivity contribution is 6.30. The summed E-state index contributed by atoms with van der Waals surface area (Å²) >= 11 is 6.12. The highest BCUT2D eigenvalue weighted by Gasteiger charge is 2.24. The number of hydrogen-bond donors (Lipinski definition) is 0. The number of hydrogen-bond acceptors (Lipinski definition) is 6. The van der Waals surface area contributed by atoms with Crippen molar-refractivity contribution in [2.75, 3.05) is 31.1 Å². The van der Waals surface area contributed by atoms with E-state index in [9.17, 15) is 9.59 Å². The molecule has 41 heavy (non-hydrogen) atoms. The quantitative estimate of drug-likeness (QED) is 0.293. The molecule has 0 N–H and O–H groups in total. The molecule has 0 atom stereocenters. The molecule has 2 fully saturated rings. The molecule has 3 heterocycles. The Morgan fingerprint density at radius 1 is 1.07 bits per heavy atom. The summed E-state index contributed by atoms with van der Waals surface area (Å²) in [6.07, 6.45) is 8.43. The van der Waals surface area contributed by atoms with E-state index in [4.69, 9.17) is 16.1 Å². The third kappa shape index (κ3) is 5.86. The standard InChI is InChI=1S/C31H33ClFN5O3/c1-20(39)36-11-13-37(14-12-36)28-17-27-24(16-26(28)33)30(40)25(19-38(27)18-22-7-9-23(32)10-8-22)31-34-29(41-35-31)15-21-5-3-2-4-6-21/h7-10,16-17,19,21H,2-6,11-15,18H2,1H3. The van der Waals surface area contributed by atoms with Crippen molar-refractivity contribution in [2.24, 2.45) is 5.92 Å². The molecule has 0 spiro atoms. The first-order valence-corrected chi connectivity index (χ1v) is 14.7. The molecule has 2 aromatic heterocycles. The van der Waals surface area contributed by atoms with Crippen LogP contribution in [-0.2, 0) is 17.8 Å². The lowest BCUT2D eigenvalue weighted by atomic mass is 9.87. The number of carbonyl (C=O) groups is 1. The smallest absolute Gasteiger partial charge is 0.227 e. The van der Waals surface area contributed by atoms with E-state index < -0.39 is 5.82 Å². The van der Waals surface area contributed by atoms with Crippen LogP contribution >= 0.6 is 11.6 Å². The van der Waals surface area contributed by atoms with Crippen LogP contribution in [0.1, 0.15) is 50.5 Å². The number of nitrogens with zero attached hydrogens (tertiary/aromatic N) is 5. The molecule has 2 aromatic carbocycles. The SMILES string of the molecule is CC(=O)N1CCN(c2cc3c(cc2F)c(=O)c(-c2noc(CC4CCCCC4)n2)cn3Cc2ccc(Cl)cc2)CC1. The molecule has 1 saturated heterocycles. The van der Waals surface area contributed by atoms with E-state index in [0.29, 0.717) is 67.2 Å². The van der Waals surface area contributed by atoms with Gasteiger partial charge in [0, 0.05) is 62.7 Å². The van der Waals surface area contributed by atoms with Gasteiger partial charge in [0.25, 0.3) is 0 Å². The Labute approximate surface area is 242 Å². The summed E-state index contributed by atoms with van der Waals surface area (Å²) < 4.78 is 23.1. The first kappa shape index (κ1) is 27.4. The summed E-state index contributed by atoms with van der Waals surface area (Å²) in [5, 5.41) is 5.04. The van der Waals surface area contributed by atoms with Gasteiger partial charge in [0.15, 0.2) is 0 Å². The van der Waals surface area contributed by atoms with E-state index >= 15 is 4.39 Å². The van der Waals surface area contributed by atoms with Gasteiger partial charge >= 0.3 is 0 Å². The zero-order valence-corrected chi connectivity index (χ0v) is 23.9. The van der Waals surface area contributed by atoms with E-state index in [0.717, 1.165) is 18.4 Å². The predicted molar refractivity (Wildman–Crippen MR) is 157 cm³/mol. The molecule has 1 aliphatic heterocycles. The Hall–Kier alpha value is -3.72. The van der Waals surface area contributed by atoms with Gasteiger partial charge in [-0.15, -0.1) is 0 Å². The minimum absolute atomic E-state index is 0.0105. The van der Waals surface area contributed by atoms with Crippen LogP contribution in [-0.4, -0.2) is 51.7 Å². The maximum atomic E-state index is 15.6. The normalized spacial score (nSPS) is 16.5. The van der Waals surface area contributed by atoms with Gasteiger partial charge in [-0.2, -0.15) is 4.98 Å². The number of benzene rings is 2. The summed E-state index contributed by atoms with van der Waals surface area (Å²) in [6.45, 7) is 4.02. The third-order valence-corrected chi connectivity index (χ3v) is 8.63. The Morgan fingerprint density at radius 3 is 2.51 bits per heavy atom. The van der Waals surface area contributed by atoms with E-state index in [-0.39, 0.29) is 28.1 Å². The fourth-order valence-corrected chi connectivity index (χ4v) is 6.19. The maximum Gasteiger partial charge on any atom is 0.227 e. The van der Waals surface area contributed by atoms with Crippen molar-refractivity contribution in [1.82, 2.24) is 19.6 Å². The minimum atomic E-state index is -0.479. The number of aromatic nitrogens is 3. The number of fused-ring (bicyclic) bond motifs is 1. The molecule has 1 aliphatic carbocycles. The zero-order chi connectivity index (χ0) is 28.5. The van der Waals surface area contributed by atoms with Gasteiger partial charge < -0.3 is 18.9 Å². The highest BCUT2D eigenvalue weighted by atomic mass is 35.5. The molecule has 6 rings (SSSR count). The molecule has 8 nitrogen and oxygen atoms in total. The van der Waals surface area contributed by atoms with E-state index in [1.54, 1.807) is 24.1 Å². The number of piperazine rings is 1. The van der Waals surface area contributed by atoms with Crippen molar-refractivity contribution in [3.8, 4) is 11.4 Å². The highest BCUT2D eigenvalue weighted by Crippen LogP contribution is 2.30. The monoisotopic (exact) mass is 577 g/mol. The number of carbonyl (C=O) groups excluding carboxylic acids is 1. The van der Waals surface area contributed by atoms with Gasteiger partial charge in [0.2, 0.25) is 23.1 Å². The topological polar surface area (TPSA) is 84.5 Å². The average Bonchev–Trinajstić information content (AvgIpc) is 3.44. The number of halogens is 2. The van der Waals surface area contributed by atoms with Gasteiger partial charge in [-0.3, -0.25) is 9.59 Å². The van der Waals surface area contributed by atoms with Crippen molar-refractivity contribution < 1.29 is 13.7 Å². The number of amides is 1. The summed E-state index contributed by atoms with van der Waals surface area (Å²) in [6, 6.07) is 10.5. The number of rotatable bonds is 6. The molecule has 0 radical (unpaired) electrons. The van der Waals surface area contributed by atoms with E-state index in [1.807, 2.05) is 33.7 Å². The molecule has 0 unspecified atom stereocenters. The minimum Gasteiger partial charge on any atom is -0.366 e. The summed E-state index contributed by atoms with van der Waals surface area (Å²) in [5.41, 5.74) is 1.91. The van der Waals surface area contributed by atoms with Gasteiger partial charge in [-0.25, -0.2) is 4.39 Å². The van der Waals surface area contributed by atoms with Crippen molar-refractivity contribution >= 4 is 34.1 Å². The Morgan fingerprint density at radius 2 is 1.80 bits per heavy atom. The van der Waals surface area contributed by atoms with Gasteiger partial charge in [0.05, 0.1) is 16.8 Å². The molecule has 0 bridgehead atoms. The van der Waals surface area contributed by atoms with Crippen LogP contribution in [0.4, 0.5) is 10.1 Å². The van der Waals surface area contributed by atoms with Crippen molar-refractivity contribution in [2.45, 2.75) is 52.0 Å². The lowest BCUT2D eigenvalue weighted by Gasteiger charge is -2.36. The van der Waals surface area contributed by atoms with Crippen LogP contribution in [0.2, 0.25) is 5.02 Å². The zero-order valence-electron chi connectivity index (χ0n) is 23.1. The fraction of sp³-hybridized carbons (Fsp3) is 0.419. The molecular formula is C31H33ClFN5O3. The molecule has 4 aromatic rings. The largest absolute Gasteiger partial charge is 0.366 e. The van der Waals surface area contributed by atoms with Crippen molar-refractivity contribution in [3.05, 3.63) is 75.1 Å². The number of anilines is 1. The molecule has 1 saturated carbocycles. The Bertz CT molecular complexity index is 1620. The summed E-state index contributed by atoms with van der Waals surface area (Å²) in [5.74, 6) is 0.794. The van der Waals surface area contributed by atoms with Crippen LogP contribution < -0.4 is 10.3 Å². The van der Waals surface area contributed by atoms with Crippen LogP contribution in [0.25, 0.3) is 22.3 Å². The van der Waals surface area contributed by atoms with Gasteiger partial charge in [0.1, 0.15) is 5.82 Å². The molecule has 1 amide bonds. The van der Waals surface area contributed by atoms with Gasteiger partial charge in [-0.1, -0.05) is 48.2 Å². The summed E-state index contributed by atoms with van der Waals surface area (Å²) in [4.78, 5) is 33.8. The van der Waals surface area contributed by atoms with Crippen LogP contribution in [0.15, 0.2) is 51.9 Å². The van der Waals surface area contributed by atoms with Gasteiger partial charge in [-0.05, 0) is 48.6 Å². The van der Waals surface area contributed by atoms with Crippen LogP contribution in [0.3, 0.4) is 0 Å². The Kier molecular flexibility index (Phi) is 7.79. The van der Waals surface area contributed by atoms with Crippen LogP contribution in [0, 0.1) is 11.7 Å². The fourth-order valence-electron chi connectivity index (χ4n) is 6.07. The Balaban J connectivity index is 1.40. The van der Waals surface area contributed by atoms with Crippen LogP contribution in [0.5, 0.6) is 0 Å². The first-order chi connectivity index (χ1) is 19.9.